The van der Waals surface area contributed by atoms with E-state index in [4.69, 9.17) is 9.72 Å². The van der Waals surface area contributed by atoms with Crippen molar-refractivity contribution in [1.29, 1.82) is 0 Å². The molecule has 164 valence electrons. The first-order chi connectivity index (χ1) is 14.7. The first-order valence-electron chi connectivity index (χ1n) is 11.9. The second-order valence-corrected chi connectivity index (χ2v) is 9.62. The highest BCUT2D eigenvalue weighted by atomic mass is 16.5. The van der Waals surface area contributed by atoms with Gasteiger partial charge in [-0.25, -0.2) is 4.98 Å². The predicted octanol–water partition coefficient (Wildman–Crippen LogP) is 2.41. The zero-order valence-corrected chi connectivity index (χ0v) is 17.9. The Morgan fingerprint density at radius 1 is 1.10 bits per heavy atom. The van der Waals surface area contributed by atoms with Gasteiger partial charge in [0.1, 0.15) is 5.82 Å². The molecule has 0 aromatic carbocycles. The molecule has 1 saturated carbocycles. The molecule has 1 amide bonds. The SMILES string of the molecule is O=C([C@H]1CCOC1)N1CCC[C@@H]1c1nc2c(c(=O)[nH]1)CN(CC1CCCCC1)CC2. The number of hydrogen-bond acceptors (Lipinski definition) is 5. The van der Waals surface area contributed by atoms with Crippen molar-refractivity contribution >= 4 is 5.91 Å². The van der Waals surface area contributed by atoms with Gasteiger partial charge in [-0.3, -0.25) is 14.5 Å². The van der Waals surface area contributed by atoms with Gasteiger partial charge in [-0.1, -0.05) is 19.3 Å². The minimum atomic E-state index is -0.101. The van der Waals surface area contributed by atoms with Crippen LogP contribution in [0.15, 0.2) is 4.79 Å². The molecule has 1 aliphatic carbocycles. The van der Waals surface area contributed by atoms with E-state index in [1.807, 2.05) is 4.90 Å². The van der Waals surface area contributed by atoms with Crippen LogP contribution in [0.5, 0.6) is 0 Å². The molecule has 5 rings (SSSR count). The summed E-state index contributed by atoms with van der Waals surface area (Å²) in [4.78, 5) is 38.2. The number of likely N-dealkylation sites (tertiary alicyclic amines) is 1. The zero-order chi connectivity index (χ0) is 20.5. The van der Waals surface area contributed by atoms with E-state index in [-0.39, 0.29) is 23.4 Å². The molecule has 3 fully saturated rings. The number of carbonyl (C=O) groups is 1. The Kier molecular flexibility index (Phi) is 5.92. The molecule has 1 N–H and O–H groups in total. The van der Waals surface area contributed by atoms with Gasteiger partial charge in [0.15, 0.2) is 0 Å². The van der Waals surface area contributed by atoms with E-state index in [0.717, 1.165) is 62.5 Å². The van der Waals surface area contributed by atoms with E-state index >= 15 is 0 Å². The molecule has 4 aliphatic rings. The van der Waals surface area contributed by atoms with Crippen molar-refractivity contribution in [3.63, 3.8) is 0 Å². The van der Waals surface area contributed by atoms with Crippen LogP contribution in [0.3, 0.4) is 0 Å². The number of amides is 1. The fourth-order valence-electron chi connectivity index (χ4n) is 5.83. The lowest BCUT2D eigenvalue weighted by Gasteiger charge is -2.33. The highest BCUT2D eigenvalue weighted by Crippen LogP contribution is 2.33. The summed E-state index contributed by atoms with van der Waals surface area (Å²) in [6.07, 6.45) is 10.2. The fraction of sp³-hybridized carbons (Fsp3) is 0.783. The topological polar surface area (TPSA) is 78.5 Å². The van der Waals surface area contributed by atoms with Gasteiger partial charge < -0.3 is 14.6 Å². The highest BCUT2D eigenvalue weighted by Gasteiger charge is 2.37. The number of aromatic nitrogens is 2. The van der Waals surface area contributed by atoms with Gasteiger partial charge in [-0.15, -0.1) is 0 Å². The van der Waals surface area contributed by atoms with Crippen molar-refractivity contribution in [2.75, 3.05) is 32.8 Å². The van der Waals surface area contributed by atoms with Gasteiger partial charge in [0.25, 0.3) is 5.56 Å². The Labute approximate surface area is 178 Å². The van der Waals surface area contributed by atoms with Crippen LogP contribution in [0.2, 0.25) is 0 Å². The molecular weight excluding hydrogens is 380 g/mol. The van der Waals surface area contributed by atoms with E-state index in [9.17, 15) is 9.59 Å². The third kappa shape index (κ3) is 4.06. The van der Waals surface area contributed by atoms with Crippen molar-refractivity contribution in [1.82, 2.24) is 19.8 Å². The molecule has 0 radical (unpaired) electrons. The number of nitrogens with zero attached hydrogens (tertiary/aromatic N) is 3. The number of hydrogen-bond donors (Lipinski definition) is 1. The van der Waals surface area contributed by atoms with Crippen molar-refractivity contribution in [2.24, 2.45) is 11.8 Å². The van der Waals surface area contributed by atoms with Gasteiger partial charge in [0.2, 0.25) is 5.91 Å². The summed E-state index contributed by atoms with van der Waals surface area (Å²) >= 11 is 0. The molecule has 1 aromatic rings. The molecule has 2 atom stereocenters. The molecule has 2 saturated heterocycles. The third-order valence-corrected chi connectivity index (χ3v) is 7.54. The molecule has 3 aliphatic heterocycles. The number of aromatic amines is 1. The second-order valence-electron chi connectivity index (χ2n) is 9.62. The molecule has 0 bridgehead atoms. The van der Waals surface area contributed by atoms with Crippen LogP contribution in [0, 0.1) is 11.8 Å². The zero-order valence-electron chi connectivity index (χ0n) is 17.9. The van der Waals surface area contributed by atoms with Crippen LogP contribution < -0.4 is 5.56 Å². The lowest BCUT2D eigenvalue weighted by Crippen LogP contribution is -2.40. The maximum Gasteiger partial charge on any atom is 0.255 e. The number of H-pyrrole nitrogens is 1. The van der Waals surface area contributed by atoms with Gasteiger partial charge in [-0.2, -0.15) is 0 Å². The van der Waals surface area contributed by atoms with E-state index in [1.165, 1.54) is 32.1 Å². The average molecular weight is 415 g/mol. The van der Waals surface area contributed by atoms with Crippen LogP contribution in [-0.2, 0) is 22.5 Å². The Balaban J connectivity index is 1.30. The number of rotatable bonds is 4. The minimum absolute atomic E-state index is 0.00755. The first-order valence-corrected chi connectivity index (χ1v) is 11.9. The van der Waals surface area contributed by atoms with E-state index in [1.54, 1.807) is 0 Å². The van der Waals surface area contributed by atoms with E-state index < -0.39 is 0 Å². The first kappa shape index (κ1) is 20.2. The maximum atomic E-state index is 13.0. The molecule has 7 nitrogen and oxygen atoms in total. The summed E-state index contributed by atoms with van der Waals surface area (Å²) in [6.45, 7) is 4.73. The van der Waals surface area contributed by atoms with Crippen molar-refractivity contribution in [3.8, 4) is 0 Å². The largest absolute Gasteiger partial charge is 0.381 e. The Bertz CT molecular complexity index is 826. The van der Waals surface area contributed by atoms with Crippen LogP contribution in [0.1, 0.15) is 74.5 Å². The molecule has 30 heavy (non-hydrogen) atoms. The fourth-order valence-corrected chi connectivity index (χ4v) is 5.83. The molecule has 0 unspecified atom stereocenters. The van der Waals surface area contributed by atoms with Crippen LogP contribution in [0.25, 0.3) is 0 Å². The third-order valence-electron chi connectivity index (χ3n) is 7.54. The quantitative estimate of drug-likeness (QED) is 0.819. The lowest BCUT2D eigenvalue weighted by molar-refractivity contribution is -0.136. The molecule has 1 aromatic heterocycles. The number of carbonyl (C=O) groups excluding carboxylic acids is 1. The number of nitrogens with one attached hydrogen (secondary N) is 1. The standard InChI is InChI=1S/C23H34N4O3/c28-22-18-14-26(13-16-5-2-1-3-6-16)11-8-19(18)24-21(25-22)20-7-4-10-27(20)23(29)17-9-12-30-15-17/h16-17,20H,1-15H2,(H,24,25,28)/t17-,20+/m0/s1. The number of ether oxygens (including phenoxy) is 1. The summed E-state index contributed by atoms with van der Waals surface area (Å²) in [5.41, 5.74) is 1.77. The van der Waals surface area contributed by atoms with E-state index in [0.29, 0.717) is 25.6 Å². The average Bonchev–Trinajstić information content (AvgIpc) is 3.47. The Morgan fingerprint density at radius 3 is 2.77 bits per heavy atom. The van der Waals surface area contributed by atoms with Crippen molar-refractivity contribution in [2.45, 2.75) is 70.4 Å². The molecule has 7 heteroatoms. The summed E-state index contributed by atoms with van der Waals surface area (Å²) < 4.78 is 5.41. The monoisotopic (exact) mass is 414 g/mol. The summed E-state index contributed by atoms with van der Waals surface area (Å²) in [5.74, 6) is 1.59. The Hall–Kier alpha value is -1.73. The smallest absolute Gasteiger partial charge is 0.255 e. The number of fused-ring (bicyclic) bond motifs is 1. The Morgan fingerprint density at radius 2 is 1.97 bits per heavy atom. The molecular formula is C23H34N4O3. The minimum Gasteiger partial charge on any atom is -0.381 e. The summed E-state index contributed by atoms with van der Waals surface area (Å²) in [7, 11) is 0. The maximum absolute atomic E-state index is 13.0. The van der Waals surface area contributed by atoms with Crippen LogP contribution in [-0.4, -0.2) is 58.5 Å². The van der Waals surface area contributed by atoms with Gasteiger partial charge in [0.05, 0.1) is 29.8 Å². The van der Waals surface area contributed by atoms with Crippen LogP contribution in [0.4, 0.5) is 0 Å². The lowest BCUT2D eigenvalue weighted by atomic mass is 9.88. The van der Waals surface area contributed by atoms with Gasteiger partial charge in [0, 0.05) is 39.2 Å². The van der Waals surface area contributed by atoms with Crippen LogP contribution >= 0.6 is 0 Å². The summed E-state index contributed by atoms with van der Waals surface area (Å²) in [6, 6.07) is -0.101. The highest BCUT2D eigenvalue weighted by molar-refractivity contribution is 5.80. The summed E-state index contributed by atoms with van der Waals surface area (Å²) in [5, 5.41) is 0. The van der Waals surface area contributed by atoms with Crippen molar-refractivity contribution < 1.29 is 9.53 Å². The van der Waals surface area contributed by atoms with Gasteiger partial charge >= 0.3 is 0 Å². The van der Waals surface area contributed by atoms with Crippen molar-refractivity contribution in [3.05, 3.63) is 27.4 Å². The predicted molar refractivity (Wildman–Crippen MR) is 113 cm³/mol. The van der Waals surface area contributed by atoms with Gasteiger partial charge in [-0.05, 0) is 38.0 Å². The van der Waals surface area contributed by atoms with E-state index in [2.05, 4.69) is 9.88 Å². The second kappa shape index (κ2) is 8.79. The molecule has 0 spiro atoms. The molecule has 4 heterocycles. The normalized spacial score (nSPS) is 28.1.